The van der Waals surface area contributed by atoms with Crippen LogP contribution in [0.1, 0.15) is 131 Å². The van der Waals surface area contributed by atoms with Gasteiger partial charge < -0.3 is 24.4 Å². The predicted molar refractivity (Wildman–Crippen MR) is 176 cm³/mol. The van der Waals surface area contributed by atoms with E-state index in [0.29, 0.717) is 53.4 Å². The van der Waals surface area contributed by atoms with Crippen LogP contribution in [0, 0.1) is 70.0 Å². The van der Waals surface area contributed by atoms with Crippen molar-refractivity contribution in [1.82, 2.24) is 0 Å². The van der Waals surface area contributed by atoms with Gasteiger partial charge in [0.2, 0.25) is 0 Å². The van der Waals surface area contributed by atoms with E-state index < -0.39 is 11.9 Å². The Kier molecular flexibility index (Phi) is 9.51. The standard InChI is InChI=1S/C39H66O7/c1-22(8-7-19-40)28-13-14-31-34-32(16-18-38(28,31)6)37(5)17-15-27(20-26(37)21-33(34)41)44-35-25(4)30-11-9-23(2)29-12-10-24(3)43-36(45-35)39(29,30)46-42/h22-36,40-42H,7-21H2,1-6H3/t22-,23-,24+,25-,26+,27-,28-,29+,30+,31+,32+,33-,34+,35+,36?,37+,38-,39-/m1/s1. The van der Waals surface area contributed by atoms with Gasteiger partial charge in [0.25, 0.3) is 0 Å². The average Bonchev–Trinajstić information content (AvgIpc) is 3.31. The summed E-state index contributed by atoms with van der Waals surface area (Å²) >= 11 is 0. The molecule has 7 fully saturated rings. The van der Waals surface area contributed by atoms with Crippen molar-refractivity contribution in [1.29, 1.82) is 0 Å². The molecule has 0 aromatic heterocycles. The predicted octanol–water partition coefficient (Wildman–Crippen LogP) is 7.82. The van der Waals surface area contributed by atoms with E-state index in [4.69, 9.17) is 19.1 Å². The third kappa shape index (κ3) is 5.21. The van der Waals surface area contributed by atoms with E-state index >= 15 is 0 Å². The first-order valence-electron chi connectivity index (χ1n) is 19.6. The van der Waals surface area contributed by atoms with E-state index in [1.54, 1.807) is 0 Å². The zero-order valence-corrected chi connectivity index (χ0v) is 29.7. The molecule has 264 valence electrons. The molecule has 0 amide bonds. The van der Waals surface area contributed by atoms with Crippen LogP contribution in [0.2, 0.25) is 0 Å². The lowest BCUT2D eigenvalue weighted by Gasteiger charge is -2.63. The molecule has 2 aliphatic heterocycles. The van der Waals surface area contributed by atoms with Crippen LogP contribution in [-0.2, 0) is 19.1 Å². The van der Waals surface area contributed by atoms with Crippen LogP contribution in [0.4, 0.5) is 0 Å². The van der Waals surface area contributed by atoms with Crippen LogP contribution in [0.25, 0.3) is 0 Å². The maximum absolute atomic E-state index is 11.9. The van der Waals surface area contributed by atoms with Gasteiger partial charge in [0, 0.05) is 18.4 Å². The molecule has 0 aromatic rings. The molecular weight excluding hydrogens is 580 g/mol. The minimum absolute atomic E-state index is 0.0489. The van der Waals surface area contributed by atoms with Crippen molar-refractivity contribution in [3.8, 4) is 0 Å². The maximum atomic E-state index is 11.9. The quantitative estimate of drug-likeness (QED) is 0.147. The highest BCUT2D eigenvalue weighted by Gasteiger charge is 2.66. The second kappa shape index (κ2) is 12.8. The molecule has 0 bridgehead atoms. The van der Waals surface area contributed by atoms with Gasteiger partial charge in [0.15, 0.2) is 18.2 Å². The largest absolute Gasteiger partial charge is 0.396 e. The van der Waals surface area contributed by atoms with E-state index in [0.717, 1.165) is 64.2 Å². The molecule has 5 saturated carbocycles. The SMILES string of the molecule is C[C@H]1[C@@H](O[C@@H]2CC[C@@]3(C)[C@@H](C2)C[C@@H](O)[C@@H]2[C@@H]3CC[C@]3(C)[C@@H]([C@H](C)CCCO)CC[C@@H]23)OC2O[C@@H](C)CC[C@H]3[C@H](C)CC[C@@H]1[C@@]23OO. The number of aliphatic hydroxyl groups is 2. The molecule has 3 N–H and O–H groups in total. The van der Waals surface area contributed by atoms with Crippen LogP contribution in [0.3, 0.4) is 0 Å². The Hall–Kier alpha value is -0.280. The summed E-state index contributed by atoms with van der Waals surface area (Å²) in [5.41, 5.74) is -0.270. The fraction of sp³-hybridized carbons (Fsp3) is 1.00. The van der Waals surface area contributed by atoms with Gasteiger partial charge in [-0.15, -0.1) is 0 Å². The summed E-state index contributed by atoms with van der Waals surface area (Å²) in [6, 6.07) is 0. The number of fused-ring (bicyclic) bond motifs is 5. The summed E-state index contributed by atoms with van der Waals surface area (Å²) < 4.78 is 20.2. The van der Waals surface area contributed by atoms with Crippen LogP contribution in [0.5, 0.6) is 0 Å². The van der Waals surface area contributed by atoms with Crippen LogP contribution >= 0.6 is 0 Å². The van der Waals surface area contributed by atoms with Gasteiger partial charge in [0.1, 0.15) is 0 Å². The highest BCUT2D eigenvalue weighted by molar-refractivity contribution is 5.12. The Balaban J connectivity index is 1.05. The van der Waals surface area contributed by atoms with E-state index in [1.165, 1.54) is 25.7 Å². The van der Waals surface area contributed by atoms with Crippen molar-refractivity contribution >= 4 is 0 Å². The van der Waals surface area contributed by atoms with E-state index in [2.05, 4.69) is 41.5 Å². The highest BCUT2D eigenvalue weighted by atomic mass is 17.1. The first-order valence-corrected chi connectivity index (χ1v) is 19.6. The van der Waals surface area contributed by atoms with Crippen LogP contribution in [0.15, 0.2) is 0 Å². The van der Waals surface area contributed by atoms with Gasteiger partial charge in [-0.2, -0.15) is 0 Å². The molecule has 5 aliphatic carbocycles. The zero-order chi connectivity index (χ0) is 32.6. The summed E-state index contributed by atoms with van der Waals surface area (Å²) in [5, 5.41) is 31.9. The Labute approximate surface area is 278 Å². The van der Waals surface area contributed by atoms with Gasteiger partial charge >= 0.3 is 0 Å². The van der Waals surface area contributed by atoms with Gasteiger partial charge in [-0.1, -0.05) is 34.6 Å². The first kappa shape index (κ1) is 34.2. The van der Waals surface area contributed by atoms with E-state index in [1.807, 2.05) is 0 Å². The number of aliphatic hydroxyl groups excluding tert-OH is 2. The molecule has 7 aliphatic rings. The van der Waals surface area contributed by atoms with Crippen molar-refractivity contribution in [2.75, 3.05) is 6.61 Å². The van der Waals surface area contributed by atoms with Crippen LogP contribution in [-0.4, -0.2) is 58.6 Å². The summed E-state index contributed by atoms with van der Waals surface area (Å²) in [4.78, 5) is 5.53. The minimum atomic E-state index is -0.833. The lowest BCUT2D eigenvalue weighted by atomic mass is 9.43. The lowest BCUT2D eigenvalue weighted by molar-refractivity contribution is -0.462. The van der Waals surface area contributed by atoms with Crippen LogP contribution < -0.4 is 0 Å². The third-order valence-corrected chi connectivity index (χ3v) is 16.4. The molecular formula is C39H66O7. The minimum Gasteiger partial charge on any atom is -0.396 e. The van der Waals surface area contributed by atoms with Crippen molar-refractivity contribution in [2.24, 2.45) is 70.0 Å². The van der Waals surface area contributed by atoms with Crippen molar-refractivity contribution in [2.45, 2.75) is 168 Å². The molecule has 7 rings (SSSR count). The molecule has 1 unspecified atom stereocenters. The summed E-state index contributed by atoms with van der Waals surface area (Å²) in [6.07, 6.45) is 14.1. The van der Waals surface area contributed by atoms with E-state index in [9.17, 15) is 15.5 Å². The summed E-state index contributed by atoms with van der Waals surface area (Å²) in [7, 11) is 0. The monoisotopic (exact) mass is 646 g/mol. The van der Waals surface area contributed by atoms with Crippen molar-refractivity contribution in [3.05, 3.63) is 0 Å². The normalized spacial score (nSPS) is 55.8. The van der Waals surface area contributed by atoms with Crippen molar-refractivity contribution in [3.63, 3.8) is 0 Å². The average molecular weight is 647 g/mol. The first-order chi connectivity index (χ1) is 22.0. The van der Waals surface area contributed by atoms with Crippen molar-refractivity contribution < 1.29 is 34.6 Å². The Morgan fingerprint density at radius 3 is 2.30 bits per heavy atom. The Morgan fingerprint density at radius 2 is 1.54 bits per heavy atom. The lowest BCUT2D eigenvalue weighted by Crippen LogP contribution is -2.68. The second-order valence-electron chi connectivity index (χ2n) is 18.3. The molecule has 0 spiro atoms. The Bertz CT molecular complexity index is 1070. The number of rotatable bonds is 7. The van der Waals surface area contributed by atoms with E-state index in [-0.39, 0.29) is 47.8 Å². The number of ether oxygens (including phenoxy) is 3. The molecule has 0 aromatic carbocycles. The topological polar surface area (TPSA) is 97.6 Å². The van der Waals surface area contributed by atoms with Gasteiger partial charge in [0.05, 0.1) is 18.3 Å². The third-order valence-electron chi connectivity index (χ3n) is 16.4. The zero-order valence-electron chi connectivity index (χ0n) is 29.7. The van der Waals surface area contributed by atoms with Gasteiger partial charge in [-0.3, -0.25) is 5.26 Å². The number of hydrogen-bond donors (Lipinski definition) is 3. The molecule has 46 heavy (non-hydrogen) atoms. The molecule has 7 heteroatoms. The fourth-order valence-corrected chi connectivity index (χ4v) is 13.9. The smallest absolute Gasteiger partial charge is 0.193 e. The van der Waals surface area contributed by atoms with Gasteiger partial charge in [-0.25, -0.2) is 4.89 Å². The molecule has 2 heterocycles. The summed E-state index contributed by atoms with van der Waals surface area (Å²) in [5.74, 6) is 4.30. The number of hydrogen-bond acceptors (Lipinski definition) is 7. The maximum Gasteiger partial charge on any atom is 0.193 e. The van der Waals surface area contributed by atoms with Gasteiger partial charge in [-0.05, 0) is 155 Å². The molecule has 2 saturated heterocycles. The second-order valence-corrected chi connectivity index (χ2v) is 18.3. The highest BCUT2D eigenvalue weighted by Crippen LogP contribution is 2.68. The molecule has 7 nitrogen and oxygen atoms in total. The molecule has 0 radical (unpaired) electrons. The molecule has 18 atom stereocenters. The fourth-order valence-electron chi connectivity index (χ4n) is 13.9. The summed E-state index contributed by atoms with van der Waals surface area (Å²) in [6.45, 7) is 14.5. The Morgan fingerprint density at radius 1 is 0.826 bits per heavy atom.